The first-order valence-electron chi connectivity index (χ1n) is 9.44. The van der Waals surface area contributed by atoms with Gasteiger partial charge in [0.15, 0.2) is 12.4 Å². The Morgan fingerprint density at radius 2 is 1.61 bits per heavy atom. The van der Waals surface area contributed by atoms with Crippen molar-refractivity contribution in [2.75, 3.05) is 26.2 Å². The van der Waals surface area contributed by atoms with Crippen LogP contribution in [-0.4, -0.2) is 48.9 Å². The number of hydrogen-bond acceptors (Lipinski definition) is 4. The van der Waals surface area contributed by atoms with E-state index in [1.165, 1.54) is 0 Å². The normalized spacial score (nSPS) is 10.9. The van der Waals surface area contributed by atoms with Crippen LogP contribution in [0.1, 0.15) is 36.7 Å². The van der Waals surface area contributed by atoms with Gasteiger partial charge in [-0.15, -0.1) is 0 Å². The monoisotopic (exact) mass is 402 g/mol. The SMILES string of the molecule is CCN(CCNC(=O)COc1ccc(C(=O)c2ccc(Cl)cc2)cc1)C(C)C. The molecule has 2 aromatic carbocycles. The number of nitrogens with one attached hydrogen (secondary N) is 1. The van der Waals surface area contributed by atoms with Gasteiger partial charge in [0.2, 0.25) is 0 Å². The summed E-state index contributed by atoms with van der Waals surface area (Å²) < 4.78 is 5.50. The predicted octanol–water partition coefficient (Wildman–Crippen LogP) is 3.80. The van der Waals surface area contributed by atoms with Crippen molar-refractivity contribution in [3.8, 4) is 5.75 Å². The summed E-state index contributed by atoms with van der Waals surface area (Å²) in [6.07, 6.45) is 0. The molecule has 6 heteroatoms. The Balaban J connectivity index is 1.80. The summed E-state index contributed by atoms with van der Waals surface area (Å²) in [6.45, 7) is 8.66. The third-order valence-corrected chi connectivity index (χ3v) is 4.70. The van der Waals surface area contributed by atoms with Crippen LogP contribution in [0.4, 0.5) is 0 Å². The van der Waals surface area contributed by atoms with Crippen LogP contribution < -0.4 is 10.1 Å². The molecule has 2 aromatic rings. The Morgan fingerprint density at radius 1 is 1.04 bits per heavy atom. The molecule has 0 fully saturated rings. The lowest BCUT2D eigenvalue weighted by atomic mass is 10.0. The van der Waals surface area contributed by atoms with Gasteiger partial charge in [-0.25, -0.2) is 0 Å². The van der Waals surface area contributed by atoms with E-state index in [0.29, 0.717) is 34.5 Å². The number of amides is 1. The maximum Gasteiger partial charge on any atom is 0.257 e. The molecular formula is C22H27ClN2O3. The van der Waals surface area contributed by atoms with Crippen LogP contribution in [0.15, 0.2) is 48.5 Å². The van der Waals surface area contributed by atoms with Crippen LogP contribution in [0.3, 0.4) is 0 Å². The number of carbonyl (C=O) groups excluding carboxylic acids is 2. The van der Waals surface area contributed by atoms with E-state index in [4.69, 9.17) is 16.3 Å². The van der Waals surface area contributed by atoms with Gasteiger partial charge in [0.05, 0.1) is 0 Å². The molecule has 0 heterocycles. The Morgan fingerprint density at radius 3 is 2.14 bits per heavy atom. The van der Waals surface area contributed by atoms with Crippen LogP contribution in [0.5, 0.6) is 5.75 Å². The summed E-state index contributed by atoms with van der Waals surface area (Å²) in [7, 11) is 0. The number of hydrogen-bond donors (Lipinski definition) is 1. The van der Waals surface area contributed by atoms with Crippen molar-refractivity contribution in [2.45, 2.75) is 26.8 Å². The molecule has 0 saturated heterocycles. The minimum absolute atomic E-state index is 0.0573. The average Bonchev–Trinajstić information content (AvgIpc) is 2.70. The highest BCUT2D eigenvalue weighted by molar-refractivity contribution is 6.30. The van der Waals surface area contributed by atoms with E-state index < -0.39 is 0 Å². The first-order chi connectivity index (χ1) is 13.4. The number of benzene rings is 2. The average molecular weight is 403 g/mol. The van der Waals surface area contributed by atoms with Gasteiger partial charge in [-0.2, -0.15) is 0 Å². The first-order valence-corrected chi connectivity index (χ1v) is 9.82. The van der Waals surface area contributed by atoms with Gasteiger partial charge >= 0.3 is 0 Å². The topological polar surface area (TPSA) is 58.6 Å². The molecular weight excluding hydrogens is 376 g/mol. The molecule has 0 aromatic heterocycles. The summed E-state index contributed by atoms with van der Waals surface area (Å²) in [4.78, 5) is 26.6. The number of nitrogens with zero attached hydrogens (tertiary/aromatic N) is 1. The molecule has 28 heavy (non-hydrogen) atoms. The molecule has 0 aliphatic heterocycles. The molecule has 0 spiro atoms. The lowest BCUT2D eigenvalue weighted by molar-refractivity contribution is -0.123. The van der Waals surface area contributed by atoms with Crippen LogP contribution in [0, 0.1) is 0 Å². The van der Waals surface area contributed by atoms with Gasteiger partial charge < -0.3 is 10.1 Å². The van der Waals surface area contributed by atoms with Crippen LogP contribution in [0.25, 0.3) is 0 Å². The van der Waals surface area contributed by atoms with Crippen LogP contribution in [-0.2, 0) is 4.79 Å². The molecule has 0 saturated carbocycles. The number of rotatable bonds is 10. The fraction of sp³-hybridized carbons (Fsp3) is 0.364. The molecule has 0 bridgehead atoms. The van der Waals surface area contributed by atoms with Crippen molar-refractivity contribution in [1.82, 2.24) is 10.2 Å². The number of ketones is 1. The highest BCUT2D eigenvalue weighted by Gasteiger charge is 2.10. The van der Waals surface area contributed by atoms with E-state index in [1.807, 2.05) is 0 Å². The lowest BCUT2D eigenvalue weighted by Crippen LogP contribution is -2.39. The number of halogens is 1. The minimum Gasteiger partial charge on any atom is -0.484 e. The van der Waals surface area contributed by atoms with Crippen molar-refractivity contribution in [3.63, 3.8) is 0 Å². The Kier molecular flexibility index (Phi) is 8.48. The standard InChI is InChI=1S/C22H27ClN2O3/c1-4-25(16(2)3)14-13-24-21(26)15-28-20-11-7-18(8-12-20)22(27)17-5-9-19(23)10-6-17/h5-12,16H,4,13-15H2,1-3H3,(H,24,26). The second kappa shape index (κ2) is 10.8. The fourth-order valence-electron chi connectivity index (χ4n) is 2.79. The van der Waals surface area contributed by atoms with Crippen molar-refractivity contribution in [1.29, 1.82) is 0 Å². The Hall–Kier alpha value is -2.37. The van der Waals surface area contributed by atoms with Gasteiger partial charge in [-0.05, 0) is 68.9 Å². The number of likely N-dealkylation sites (N-methyl/N-ethyl adjacent to an activating group) is 1. The van der Waals surface area contributed by atoms with E-state index in [0.717, 1.165) is 13.1 Å². The van der Waals surface area contributed by atoms with Crippen molar-refractivity contribution < 1.29 is 14.3 Å². The first kappa shape index (κ1) is 21.9. The lowest BCUT2D eigenvalue weighted by Gasteiger charge is -2.24. The van der Waals surface area contributed by atoms with Gasteiger partial charge in [0, 0.05) is 35.3 Å². The molecule has 150 valence electrons. The van der Waals surface area contributed by atoms with E-state index in [1.54, 1.807) is 48.5 Å². The van der Waals surface area contributed by atoms with E-state index in [-0.39, 0.29) is 18.3 Å². The molecule has 0 atom stereocenters. The number of ether oxygens (including phenoxy) is 1. The van der Waals surface area contributed by atoms with E-state index in [2.05, 4.69) is 31.0 Å². The Bertz CT molecular complexity index is 773. The van der Waals surface area contributed by atoms with Crippen molar-refractivity contribution >= 4 is 23.3 Å². The smallest absolute Gasteiger partial charge is 0.257 e. The van der Waals surface area contributed by atoms with E-state index >= 15 is 0 Å². The second-order valence-corrected chi connectivity index (χ2v) is 7.16. The highest BCUT2D eigenvalue weighted by atomic mass is 35.5. The molecule has 1 N–H and O–H groups in total. The molecule has 0 aliphatic rings. The molecule has 0 radical (unpaired) electrons. The molecule has 0 unspecified atom stereocenters. The zero-order chi connectivity index (χ0) is 20.5. The van der Waals surface area contributed by atoms with Crippen molar-refractivity contribution in [2.24, 2.45) is 0 Å². The quantitative estimate of drug-likeness (QED) is 0.614. The molecule has 2 rings (SSSR count). The van der Waals surface area contributed by atoms with Gasteiger partial charge in [-0.1, -0.05) is 18.5 Å². The van der Waals surface area contributed by atoms with Crippen LogP contribution >= 0.6 is 11.6 Å². The van der Waals surface area contributed by atoms with Crippen LogP contribution in [0.2, 0.25) is 5.02 Å². The van der Waals surface area contributed by atoms with Crippen molar-refractivity contribution in [3.05, 3.63) is 64.7 Å². The van der Waals surface area contributed by atoms with E-state index in [9.17, 15) is 9.59 Å². The molecule has 0 aliphatic carbocycles. The summed E-state index contributed by atoms with van der Waals surface area (Å²) >= 11 is 5.85. The number of carbonyl (C=O) groups is 2. The third kappa shape index (κ3) is 6.66. The maximum atomic E-state index is 12.4. The minimum atomic E-state index is -0.166. The maximum absolute atomic E-state index is 12.4. The predicted molar refractivity (Wildman–Crippen MR) is 112 cm³/mol. The zero-order valence-corrected chi connectivity index (χ0v) is 17.3. The molecule has 5 nitrogen and oxygen atoms in total. The molecule has 1 amide bonds. The van der Waals surface area contributed by atoms with Gasteiger partial charge in [0.1, 0.15) is 5.75 Å². The highest BCUT2D eigenvalue weighted by Crippen LogP contribution is 2.17. The largest absolute Gasteiger partial charge is 0.484 e. The third-order valence-electron chi connectivity index (χ3n) is 4.45. The fourth-order valence-corrected chi connectivity index (χ4v) is 2.92. The van der Waals surface area contributed by atoms with Gasteiger partial charge in [-0.3, -0.25) is 14.5 Å². The van der Waals surface area contributed by atoms with Gasteiger partial charge in [0.25, 0.3) is 5.91 Å². The Labute approximate surface area is 171 Å². The summed E-state index contributed by atoms with van der Waals surface area (Å²) in [5, 5.41) is 3.45. The zero-order valence-electron chi connectivity index (χ0n) is 16.6. The summed E-state index contributed by atoms with van der Waals surface area (Å²) in [5.41, 5.74) is 1.12. The second-order valence-electron chi connectivity index (χ2n) is 6.72. The summed E-state index contributed by atoms with van der Waals surface area (Å²) in [6, 6.07) is 14.0. The summed E-state index contributed by atoms with van der Waals surface area (Å²) in [5.74, 6) is 0.285.